The van der Waals surface area contributed by atoms with Crippen LogP contribution in [0.25, 0.3) is 0 Å². The summed E-state index contributed by atoms with van der Waals surface area (Å²) in [7, 11) is 2.14. The van der Waals surface area contributed by atoms with Crippen molar-refractivity contribution in [3.05, 3.63) is 12.7 Å². The van der Waals surface area contributed by atoms with Crippen LogP contribution in [0.2, 0.25) is 0 Å². The summed E-state index contributed by atoms with van der Waals surface area (Å²) < 4.78 is 0. The van der Waals surface area contributed by atoms with Crippen LogP contribution in [0.5, 0.6) is 0 Å². The lowest BCUT2D eigenvalue weighted by Gasteiger charge is -2.35. The van der Waals surface area contributed by atoms with Crippen LogP contribution in [0.4, 0.5) is 0 Å². The van der Waals surface area contributed by atoms with Crippen LogP contribution >= 0.6 is 0 Å². The normalized spacial score (nSPS) is 15.1. The maximum Gasteiger partial charge on any atom is 0.0320 e. The third-order valence-corrected chi connectivity index (χ3v) is 2.08. The molecule has 0 N–H and O–H groups in total. The molecule has 0 saturated carbocycles. The molecule has 0 saturated heterocycles. The lowest BCUT2D eigenvalue weighted by Crippen LogP contribution is -2.39. The summed E-state index contributed by atoms with van der Waals surface area (Å²) in [4.78, 5) is 2.31. The van der Waals surface area contributed by atoms with E-state index in [0.717, 1.165) is 6.54 Å². The molecule has 0 radical (unpaired) electrons. The van der Waals surface area contributed by atoms with Crippen LogP contribution < -0.4 is 0 Å². The van der Waals surface area contributed by atoms with Gasteiger partial charge in [0.2, 0.25) is 0 Å². The largest absolute Gasteiger partial charge is 0.300 e. The van der Waals surface area contributed by atoms with Crippen molar-refractivity contribution in [2.75, 3.05) is 13.6 Å². The monoisotopic (exact) mass is 155 g/mol. The Labute approximate surface area is 71.1 Å². The first-order valence-electron chi connectivity index (χ1n) is 4.26. The minimum atomic E-state index is 0.298. The third-order valence-electron chi connectivity index (χ3n) is 2.08. The fourth-order valence-corrected chi connectivity index (χ4v) is 1.39. The topological polar surface area (TPSA) is 3.24 Å². The van der Waals surface area contributed by atoms with Crippen molar-refractivity contribution >= 4 is 0 Å². The summed E-state index contributed by atoms with van der Waals surface area (Å²) in [5.41, 5.74) is 0.298. The summed E-state index contributed by atoms with van der Waals surface area (Å²) in [5, 5.41) is 0. The van der Waals surface area contributed by atoms with E-state index in [-0.39, 0.29) is 0 Å². The molecule has 0 aliphatic heterocycles. The summed E-state index contributed by atoms with van der Waals surface area (Å²) >= 11 is 0. The van der Waals surface area contributed by atoms with Gasteiger partial charge in [-0.1, -0.05) is 33.8 Å². The minimum absolute atomic E-state index is 0.298. The average Bonchev–Trinajstić information content (AvgIpc) is 1.86. The Morgan fingerprint density at radius 3 is 2.00 bits per heavy atom. The van der Waals surface area contributed by atoms with E-state index >= 15 is 0 Å². The summed E-state index contributed by atoms with van der Waals surface area (Å²) in [6.07, 6.45) is 2.03. The SMILES string of the molecule is C=CC(N(C)CC)C(C)(C)C. The Bertz CT molecular complexity index is 121. The molecular weight excluding hydrogens is 134 g/mol. The molecule has 0 aliphatic carbocycles. The summed E-state index contributed by atoms with van der Waals surface area (Å²) in [6, 6.07) is 0.479. The third kappa shape index (κ3) is 3.06. The van der Waals surface area contributed by atoms with Gasteiger partial charge in [-0.3, -0.25) is 4.90 Å². The van der Waals surface area contributed by atoms with Crippen LogP contribution in [0.3, 0.4) is 0 Å². The molecule has 0 amide bonds. The van der Waals surface area contributed by atoms with E-state index in [2.05, 4.69) is 46.2 Å². The Kier molecular flexibility index (Phi) is 3.81. The number of likely N-dealkylation sites (N-methyl/N-ethyl adjacent to an activating group) is 1. The van der Waals surface area contributed by atoms with Crippen molar-refractivity contribution in [1.82, 2.24) is 4.90 Å². The molecule has 1 nitrogen and oxygen atoms in total. The van der Waals surface area contributed by atoms with Gasteiger partial charge in [0.15, 0.2) is 0 Å². The van der Waals surface area contributed by atoms with Crippen LogP contribution in [0.1, 0.15) is 27.7 Å². The van der Waals surface area contributed by atoms with Gasteiger partial charge in [0.25, 0.3) is 0 Å². The summed E-state index contributed by atoms with van der Waals surface area (Å²) in [5.74, 6) is 0. The Morgan fingerprint density at radius 2 is 1.91 bits per heavy atom. The van der Waals surface area contributed by atoms with Crippen molar-refractivity contribution < 1.29 is 0 Å². The minimum Gasteiger partial charge on any atom is -0.300 e. The van der Waals surface area contributed by atoms with E-state index in [0.29, 0.717) is 11.5 Å². The van der Waals surface area contributed by atoms with E-state index in [1.54, 1.807) is 0 Å². The predicted octanol–water partition coefficient (Wildman–Crippen LogP) is 2.54. The molecule has 1 heteroatoms. The zero-order valence-corrected chi connectivity index (χ0v) is 8.52. The molecule has 66 valence electrons. The Morgan fingerprint density at radius 1 is 1.45 bits per heavy atom. The second kappa shape index (κ2) is 3.91. The van der Waals surface area contributed by atoms with E-state index in [4.69, 9.17) is 0 Å². The van der Waals surface area contributed by atoms with Gasteiger partial charge in [0.05, 0.1) is 0 Å². The first-order chi connectivity index (χ1) is 4.93. The molecule has 0 aromatic carbocycles. The van der Waals surface area contributed by atoms with Crippen molar-refractivity contribution in [3.63, 3.8) is 0 Å². The Hall–Kier alpha value is -0.300. The molecule has 0 bridgehead atoms. The van der Waals surface area contributed by atoms with Gasteiger partial charge in [-0.2, -0.15) is 0 Å². The van der Waals surface area contributed by atoms with E-state index in [1.807, 2.05) is 6.08 Å². The highest BCUT2D eigenvalue weighted by atomic mass is 15.1. The molecule has 0 spiro atoms. The molecule has 11 heavy (non-hydrogen) atoms. The molecule has 1 unspecified atom stereocenters. The van der Waals surface area contributed by atoms with Crippen LogP contribution in [0.15, 0.2) is 12.7 Å². The number of hydrogen-bond acceptors (Lipinski definition) is 1. The van der Waals surface area contributed by atoms with Gasteiger partial charge < -0.3 is 0 Å². The van der Waals surface area contributed by atoms with Crippen molar-refractivity contribution in [3.8, 4) is 0 Å². The van der Waals surface area contributed by atoms with E-state index < -0.39 is 0 Å². The number of nitrogens with zero attached hydrogens (tertiary/aromatic N) is 1. The van der Waals surface area contributed by atoms with Crippen LogP contribution in [-0.4, -0.2) is 24.5 Å². The first-order valence-corrected chi connectivity index (χ1v) is 4.26. The zero-order chi connectivity index (χ0) is 9.07. The molecule has 0 fully saturated rings. The van der Waals surface area contributed by atoms with Crippen LogP contribution in [-0.2, 0) is 0 Å². The predicted molar refractivity (Wildman–Crippen MR) is 51.7 cm³/mol. The summed E-state index contributed by atoms with van der Waals surface area (Å²) in [6.45, 7) is 13.8. The van der Waals surface area contributed by atoms with Crippen molar-refractivity contribution in [1.29, 1.82) is 0 Å². The smallest absolute Gasteiger partial charge is 0.0320 e. The van der Waals surface area contributed by atoms with E-state index in [9.17, 15) is 0 Å². The Balaban J connectivity index is 4.28. The molecule has 0 heterocycles. The highest BCUT2D eigenvalue weighted by Crippen LogP contribution is 2.23. The van der Waals surface area contributed by atoms with Gasteiger partial charge >= 0.3 is 0 Å². The average molecular weight is 155 g/mol. The first kappa shape index (κ1) is 10.7. The van der Waals surface area contributed by atoms with Gasteiger partial charge in [0, 0.05) is 6.04 Å². The molecule has 0 aliphatic rings. The highest BCUT2D eigenvalue weighted by molar-refractivity contribution is 4.94. The second-order valence-corrected chi connectivity index (χ2v) is 4.12. The second-order valence-electron chi connectivity index (χ2n) is 4.12. The maximum absolute atomic E-state index is 3.85. The lowest BCUT2D eigenvalue weighted by atomic mass is 9.86. The molecule has 0 aromatic heterocycles. The maximum atomic E-state index is 3.85. The van der Waals surface area contributed by atoms with Crippen molar-refractivity contribution in [2.24, 2.45) is 5.41 Å². The number of rotatable bonds is 3. The fourth-order valence-electron chi connectivity index (χ4n) is 1.39. The molecule has 0 aromatic rings. The molecular formula is C10H21N. The zero-order valence-electron chi connectivity index (χ0n) is 8.52. The highest BCUT2D eigenvalue weighted by Gasteiger charge is 2.24. The van der Waals surface area contributed by atoms with Gasteiger partial charge in [0.1, 0.15) is 0 Å². The standard InChI is InChI=1S/C10H21N/c1-7-9(10(3,4)5)11(6)8-2/h7,9H,1,8H2,2-6H3. The quantitative estimate of drug-likeness (QED) is 0.566. The van der Waals surface area contributed by atoms with Gasteiger partial charge in [-0.25, -0.2) is 0 Å². The van der Waals surface area contributed by atoms with Gasteiger partial charge in [-0.15, -0.1) is 6.58 Å². The van der Waals surface area contributed by atoms with Crippen LogP contribution in [0, 0.1) is 5.41 Å². The van der Waals surface area contributed by atoms with E-state index in [1.165, 1.54) is 0 Å². The molecule has 1 atom stereocenters. The fraction of sp³-hybridized carbons (Fsp3) is 0.800. The number of hydrogen-bond donors (Lipinski definition) is 0. The molecule has 0 rings (SSSR count). The lowest BCUT2D eigenvalue weighted by molar-refractivity contribution is 0.172. The van der Waals surface area contributed by atoms with Crippen molar-refractivity contribution in [2.45, 2.75) is 33.7 Å². The van der Waals surface area contributed by atoms with Gasteiger partial charge in [-0.05, 0) is 19.0 Å².